The van der Waals surface area contributed by atoms with E-state index >= 15 is 0 Å². The van der Waals surface area contributed by atoms with Gasteiger partial charge in [0.15, 0.2) is 0 Å². The number of hydrogen-bond donors (Lipinski definition) is 3. The van der Waals surface area contributed by atoms with Crippen molar-refractivity contribution in [2.24, 2.45) is 0 Å². The van der Waals surface area contributed by atoms with Crippen LogP contribution in [0.1, 0.15) is 6.92 Å². The maximum absolute atomic E-state index is 11.9. The van der Waals surface area contributed by atoms with Gasteiger partial charge in [0.25, 0.3) is 0 Å². The molecule has 0 atom stereocenters. The summed E-state index contributed by atoms with van der Waals surface area (Å²) in [5.41, 5.74) is 0. The first kappa shape index (κ1) is 24.5. The van der Waals surface area contributed by atoms with Crippen molar-refractivity contribution < 1.29 is 14.6 Å². The number of amides is 1. The van der Waals surface area contributed by atoms with E-state index in [9.17, 15) is 9.90 Å². The fourth-order valence-electron chi connectivity index (χ4n) is 3.79. The van der Waals surface area contributed by atoms with Crippen molar-refractivity contribution in [3.8, 4) is 0 Å². The Kier molecular flexibility index (Phi) is 12.7. The van der Waals surface area contributed by atoms with Gasteiger partial charge in [0, 0.05) is 105 Å². The Bertz CT molecular complexity index is 430. The molecule has 0 saturated carbocycles. The number of carbonyl (C=O) groups excluding carboxylic acids is 1. The smallest absolute Gasteiger partial charge is 0.219 e. The van der Waals surface area contributed by atoms with Crippen LogP contribution in [0.25, 0.3) is 0 Å². The largest absolute Gasteiger partial charge is 0.395 e. The number of hydrogen-bond acceptors (Lipinski definition) is 8. The standard InChI is InChI=1S/C20H42N6O3/c1-20(28)26(13-12-24-8-4-22-5-9-24)16-19-29-18-15-25(14-17-27)11-10-23-6-2-21-3-7-23/h21-22,27H,2-19H2,1H3. The van der Waals surface area contributed by atoms with E-state index in [1.165, 1.54) is 0 Å². The third kappa shape index (κ3) is 10.7. The number of carbonyl (C=O) groups is 1. The third-order valence-corrected chi connectivity index (χ3v) is 5.76. The average Bonchev–Trinajstić information content (AvgIpc) is 2.75. The Morgan fingerprint density at radius 1 is 0.862 bits per heavy atom. The molecule has 29 heavy (non-hydrogen) atoms. The second-order valence-electron chi connectivity index (χ2n) is 7.87. The number of aliphatic hydroxyl groups excluding tert-OH is 1. The maximum atomic E-state index is 11.9. The van der Waals surface area contributed by atoms with Gasteiger partial charge < -0.3 is 25.4 Å². The highest BCUT2D eigenvalue weighted by molar-refractivity contribution is 5.73. The average molecular weight is 415 g/mol. The van der Waals surface area contributed by atoms with E-state index in [4.69, 9.17) is 4.74 Å². The summed E-state index contributed by atoms with van der Waals surface area (Å²) in [5, 5.41) is 16.0. The van der Waals surface area contributed by atoms with Crippen molar-refractivity contribution in [1.82, 2.24) is 30.2 Å². The summed E-state index contributed by atoms with van der Waals surface area (Å²) < 4.78 is 5.81. The lowest BCUT2D eigenvalue weighted by molar-refractivity contribution is -0.129. The summed E-state index contributed by atoms with van der Waals surface area (Å²) >= 11 is 0. The Labute approximate surface area is 176 Å². The second kappa shape index (κ2) is 15.1. The highest BCUT2D eigenvalue weighted by atomic mass is 16.5. The van der Waals surface area contributed by atoms with Gasteiger partial charge in [0.2, 0.25) is 5.91 Å². The SMILES string of the molecule is CC(=O)N(CCOCCN(CCO)CCN1CCNCC1)CCN1CCNCC1. The molecule has 0 aliphatic carbocycles. The molecular weight excluding hydrogens is 372 g/mol. The van der Waals surface area contributed by atoms with Gasteiger partial charge in [-0.15, -0.1) is 0 Å². The van der Waals surface area contributed by atoms with Crippen LogP contribution in [0.2, 0.25) is 0 Å². The van der Waals surface area contributed by atoms with Crippen molar-refractivity contribution in [2.75, 3.05) is 118 Å². The van der Waals surface area contributed by atoms with E-state index in [0.717, 1.165) is 85.1 Å². The first-order valence-corrected chi connectivity index (χ1v) is 11.2. The van der Waals surface area contributed by atoms with Gasteiger partial charge in [-0.25, -0.2) is 0 Å². The zero-order valence-electron chi connectivity index (χ0n) is 18.3. The van der Waals surface area contributed by atoms with Gasteiger partial charge in [-0.05, 0) is 0 Å². The summed E-state index contributed by atoms with van der Waals surface area (Å²) in [6, 6.07) is 0. The molecule has 9 nitrogen and oxygen atoms in total. The molecule has 0 unspecified atom stereocenters. The zero-order chi connectivity index (χ0) is 20.7. The number of rotatable bonds is 14. The third-order valence-electron chi connectivity index (χ3n) is 5.76. The maximum Gasteiger partial charge on any atom is 0.219 e. The molecule has 1 amide bonds. The predicted octanol–water partition coefficient (Wildman–Crippen LogP) is -2.04. The molecule has 2 heterocycles. The van der Waals surface area contributed by atoms with Gasteiger partial charge in [-0.3, -0.25) is 19.5 Å². The summed E-state index contributed by atoms with van der Waals surface area (Å²) in [7, 11) is 0. The molecule has 0 aromatic carbocycles. The van der Waals surface area contributed by atoms with Gasteiger partial charge in [0.1, 0.15) is 0 Å². The molecule has 0 aromatic heterocycles. The molecule has 0 bridgehead atoms. The van der Waals surface area contributed by atoms with Crippen LogP contribution in [0.3, 0.4) is 0 Å². The van der Waals surface area contributed by atoms with Crippen molar-refractivity contribution >= 4 is 5.91 Å². The number of piperazine rings is 2. The fraction of sp³-hybridized carbons (Fsp3) is 0.950. The zero-order valence-corrected chi connectivity index (χ0v) is 18.3. The van der Waals surface area contributed by atoms with Crippen LogP contribution in [0.5, 0.6) is 0 Å². The molecule has 0 aromatic rings. The van der Waals surface area contributed by atoms with Gasteiger partial charge in [0.05, 0.1) is 19.8 Å². The van der Waals surface area contributed by atoms with Gasteiger partial charge in [-0.2, -0.15) is 0 Å². The molecule has 2 rings (SSSR count). The van der Waals surface area contributed by atoms with Crippen molar-refractivity contribution in [3.05, 3.63) is 0 Å². The Morgan fingerprint density at radius 3 is 1.97 bits per heavy atom. The molecule has 0 spiro atoms. The molecule has 0 radical (unpaired) electrons. The number of nitrogens with zero attached hydrogens (tertiary/aromatic N) is 4. The molecule has 2 aliphatic heterocycles. The molecule has 2 aliphatic rings. The van der Waals surface area contributed by atoms with E-state index < -0.39 is 0 Å². The van der Waals surface area contributed by atoms with Crippen LogP contribution in [-0.4, -0.2) is 149 Å². The number of nitrogens with one attached hydrogen (secondary N) is 2. The molecule has 2 fully saturated rings. The number of ether oxygens (including phenoxy) is 1. The van der Waals surface area contributed by atoms with E-state index in [-0.39, 0.29) is 12.5 Å². The Morgan fingerprint density at radius 2 is 1.41 bits per heavy atom. The Hall–Kier alpha value is -0.810. The van der Waals surface area contributed by atoms with Gasteiger partial charge in [-0.1, -0.05) is 0 Å². The number of aliphatic hydroxyl groups is 1. The van der Waals surface area contributed by atoms with E-state index in [2.05, 4.69) is 25.3 Å². The van der Waals surface area contributed by atoms with Crippen molar-refractivity contribution in [2.45, 2.75) is 6.92 Å². The summed E-state index contributed by atoms with van der Waals surface area (Å²) in [6.45, 7) is 17.3. The highest BCUT2D eigenvalue weighted by Crippen LogP contribution is 1.98. The van der Waals surface area contributed by atoms with Crippen molar-refractivity contribution in [3.63, 3.8) is 0 Å². The normalized spacial score (nSPS) is 19.0. The fourth-order valence-corrected chi connectivity index (χ4v) is 3.79. The van der Waals surface area contributed by atoms with E-state index in [0.29, 0.717) is 26.3 Å². The lowest BCUT2D eigenvalue weighted by Crippen LogP contribution is -2.47. The summed E-state index contributed by atoms with van der Waals surface area (Å²) in [6.07, 6.45) is 0. The molecular formula is C20H42N6O3. The lowest BCUT2D eigenvalue weighted by atomic mass is 10.3. The first-order chi connectivity index (χ1) is 14.2. The topological polar surface area (TPSA) is 83.5 Å². The minimum Gasteiger partial charge on any atom is -0.395 e. The van der Waals surface area contributed by atoms with Crippen LogP contribution < -0.4 is 10.6 Å². The van der Waals surface area contributed by atoms with Crippen LogP contribution in [0.4, 0.5) is 0 Å². The van der Waals surface area contributed by atoms with Crippen LogP contribution in [0.15, 0.2) is 0 Å². The predicted molar refractivity (Wildman–Crippen MR) is 115 cm³/mol. The molecule has 3 N–H and O–H groups in total. The molecule has 2 saturated heterocycles. The van der Waals surface area contributed by atoms with E-state index in [1.807, 2.05) is 4.90 Å². The van der Waals surface area contributed by atoms with Gasteiger partial charge >= 0.3 is 0 Å². The minimum atomic E-state index is 0.113. The second-order valence-corrected chi connectivity index (χ2v) is 7.87. The Balaban J connectivity index is 1.56. The lowest BCUT2D eigenvalue weighted by Gasteiger charge is -2.30. The quantitative estimate of drug-likeness (QED) is 0.281. The minimum absolute atomic E-state index is 0.113. The first-order valence-electron chi connectivity index (χ1n) is 11.2. The molecule has 170 valence electrons. The van der Waals surface area contributed by atoms with Crippen LogP contribution in [-0.2, 0) is 9.53 Å². The summed E-state index contributed by atoms with van der Waals surface area (Å²) in [5.74, 6) is 0.113. The molecule has 9 heteroatoms. The highest BCUT2D eigenvalue weighted by Gasteiger charge is 2.14. The van der Waals surface area contributed by atoms with Crippen LogP contribution in [0, 0.1) is 0 Å². The monoisotopic (exact) mass is 414 g/mol. The van der Waals surface area contributed by atoms with Crippen LogP contribution >= 0.6 is 0 Å². The van der Waals surface area contributed by atoms with E-state index in [1.54, 1.807) is 6.92 Å². The summed E-state index contributed by atoms with van der Waals surface area (Å²) in [4.78, 5) is 20.9. The van der Waals surface area contributed by atoms with Crippen molar-refractivity contribution in [1.29, 1.82) is 0 Å².